The van der Waals surface area contributed by atoms with E-state index < -0.39 is 6.10 Å². The van der Waals surface area contributed by atoms with Crippen LogP contribution in [0.5, 0.6) is 0 Å². The van der Waals surface area contributed by atoms with Crippen molar-refractivity contribution in [2.75, 3.05) is 5.32 Å². The molecule has 154 valence electrons. The van der Waals surface area contributed by atoms with Gasteiger partial charge in [0.1, 0.15) is 0 Å². The standard InChI is InChI=1S/C22H20Br2N4O2/c1-13-21(14(2)28(26-13)12-15-6-8-17(23)9-7-15)25-22(29)20-11-19(27-30-20)16-4-3-5-18(24)10-16/h3-10,20H,11-12H2,1-2H3,(H,25,29)/t20-/m1/s1. The predicted octanol–water partition coefficient (Wildman–Crippen LogP) is 5.20. The zero-order valence-corrected chi connectivity index (χ0v) is 19.7. The van der Waals surface area contributed by atoms with Gasteiger partial charge in [0.25, 0.3) is 5.91 Å². The van der Waals surface area contributed by atoms with E-state index in [1.54, 1.807) is 0 Å². The van der Waals surface area contributed by atoms with Gasteiger partial charge in [-0.2, -0.15) is 5.10 Å². The Kier molecular flexibility index (Phi) is 6.06. The van der Waals surface area contributed by atoms with E-state index in [1.807, 2.05) is 67.1 Å². The number of benzene rings is 2. The summed E-state index contributed by atoms with van der Waals surface area (Å²) >= 11 is 6.91. The summed E-state index contributed by atoms with van der Waals surface area (Å²) in [5.74, 6) is -0.224. The Bertz CT molecular complexity index is 1120. The summed E-state index contributed by atoms with van der Waals surface area (Å²) in [6.45, 7) is 4.47. The first-order valence-corrected chi connectivity index (χ1v) is 11.1. The van der Waals surface area contributed by atoms with Crippen LogP contribution in [0, 0.1) is 13.8 Å². The highest BCUT2D eigenvalue weighted by atomic mass is 79.9. The smallest absolute Gasteiger partial charge is 0.268 e. The summed E-state index contributed by atoms with van der Waals surface area (Å²) in [6.07, 6.45) is -0.236. The molecule has 3 aromatic rings. The van der Waals surface area contributed by atoms with Gasteiger partial charge < -0.3 is 10.2 Å². The molecule has 1 aliphatic rings. The molecular weight excluding hydrogens is 512 g/mol. The lowest BCUT2D eigenvalue weighted by Gasteiger charge is -2.10. The van der Waals surface area contributed by atoms with E-state index in [9.17, 15) is 4.79 Å². The molecule has 30 heavy (non-hydrogen) atoms. The lowest BCUT2D eigenvalue weighted by Crippen LogP contribution is -2.28. The Morgan fingerprint density at radius 2 is 1.93 bits per heavy atom. The molecular formula is C22H20Br2N4O2. The molecule has 1 amide bonds. The van der Waals surface area contributed by atoms with Crippen LogP contribution in [0.4, 0.5) is 5.69 Å². The van der Waals surface area contributed by atoms with Gasteiger partial charge in [-0.15, -0.1) is 0 Å². The molecule has 1 N–H and O–H groups in total. The van der Waals surface area contributed by atoms with Gasteiger partial charge in [-0.05, 0) is 43.7 Å². The number of nitrogens with one attached hydrogen (secondary N) is 1. The number of hydrogen-bond donors (Lipinski definition) is 1. The van der Waals surface area contributed by atoms with Crippen molar-refractivity contribution < 1.29 is 9.63 Å². The number of anilines is 1. The second kappa shape index (κ2) is 8.73. The number of rotatable bonds is 5. The van der Waals surface area contributed by atoms with E-state index >= 15 is 0 Å². The first-order chi connectivity index (χ1) is 14.4. The highest BCUT2D eigenvalue weighted by molar-refractivity contribution is 9.10. The summed E-state index contributed by atoms with van der Waals surface area (Å²) in [5, 5.41) is 11.7. The molecule has 0 saturated heterocycles. The minimum absolute atomic E-state index is 0.224. The fourth-order valence-electron chi connectivity index (χ4n) is 3.35. The molecule has 2 heterocycles. The van der Waals surface area contributed by atoms with Crippen molar-refractivity contribution in [3.63, 3.8) is 0 Å². The molecule has 0 spiro atoms. The molecule has 0 bridgehead atoms. The molecule has 1 atom stereocenters. The molecule has 0 saturated carbocycles. The van der Waals surface area contributed by atoms with Crippen LogP contribution in [-0.4, -0.2) is 27.5 Å². The van der Waals surface area contributed by atoms with Gasteiger partial charge in [0.05, 0.1) is 29.3 Å². The van der Waals surface area contributed by atoms with Crippen molar-refractivity contribution in [1.82, 2.24) is 9.78 Å². The number of carbonyl (C=O) groups excluding carboxylic acids is 1. The largest absolute Gasteiger partial charge is 0.382 e. The molecule has 0 unspecified atom stereocenters. The maximum atomic E-state index is 12.8. The Balaban J connectivity index is 1.44. The monoisotopic (exact) mass is 530 g/mol. The SMILES string of the molecule is Cc1nn(Cc2ccc(Br)cc2)c(C)c1NC(=O)[C@H]1CC(c2cccc(Br)c2)=NO1. The summed E-state index contributed by atoms with van der Waals surface area (Å²) in [7, 11) is 0. The Labute approximate surface area is 191 Å². The van der Waals surface area contributed by atoms with Gasteiger partial charge in [0, 0.05) is 20.9 Å². The number of aromatic nitrogens is 2. The summed E-state index contributed by atoms with van der Waals surface area (Å²) in [5.41, 5.74) is 5.22. The minimum Gasteiger partial charge on any atom is -0.382 e. The van der Waals surface area contributed by atoms with Crippen molar-refractivity contribution in [3.8, 4) is 0 Å². The summed E-state index contributed by atoms with van der Waals surface area (Å²) < 4.78 is 3.89. The predicted molar refractivity (Wildman–Crippen MR) is 124 cm³/mol. The van der Waals surface area contributed by atoms with E-state index in [2.05, 4.69) is 47.4 Å². The van der Waals surface area contributed by atoms with E-state index in [0.29, 0.717) is 13.0 Å². The Morgan fingerprint density at radius 1 is 1.17 bits per heavy atom. The van der Waals surface area contributed by atoms with Gasteiger partial charge in [0.15, 0.2) is 0 Å². The van der Waals surface area contributed by atoms with Crippen LogP contribution in [0.25, 0.3) is 0 Å². The molecule has 0 radical (unpaired) electrons. The normalized spacial score (nSPS) is 15.6. The van der Waals surface area contributed by atoms with Gasteiger partial charge >= 0.3 is 0 Å². The highest BCUT2D eigenvalue weighted by Crippen LogP contribution is 2.24. The second-order valence-electron chi connectivity index (χ2n) is 7.17. The first-order valence-electron chi connectivity index (χ1n) is 9.48. The number of oxime groups is 1. The maximum Gasteiger partial charge on any atom is 0.268 e. The average Bonchev–Trinajstić information content (AvgIpc) is 3.31. The van der Waals surface area contributed by atoms with Crippen LogP contribution < -0.4 is 5.32 Å². The molecule has 2 aromatic carbocycles. The third kappa shape index (κ3) is 4.49. The lowest BCUT2D eigenvalue weighted by molar-refractivity contribution is -0.125. The van der Waals surface area contributed by atoms with Gasteiger partial charge in [-0.3, -0.25) is 9.48 Å². The van der Waals surface area contributed by atoms with Crippen LogP contribution in [0.3, 0.4) is 0 Å². The van der Waals surface area contributed by atoms with Gasteiger partial charge in [-0.25, -0.2) is 0 Å². The van der Waals surface area contributed by atoms with Gasteiger partial charge in [-0.1, -0.05) is 61.3 Å². The number of nitrogens with zero attached hydrogens (tertiary/aromatic N) is 3. The number of hydrogen-bond acceptors (Lipinski definition) is 4. The van der Waals surface area contributed by atoms with E-state index in [-0.39, 0.29) is 5.91 Å². The first kappa shape index (κ1) is 20.8. The Hall–Kier alpha value is -2.45. The van der Waals surface area contributed by atoms with Crippen LogP contribution in [0.2, 0.25) is 0 Å². The maximum absolute atomic E-state index is 12.8. The average molecular weight is 532 g/mol. The zero-order chi connectivity index (χ0) is 21.3. The highest BCUT2D eigenvalue weighted by Gasteiger charge is 2.30. The fourth-order valence-corrected chi connectivity index (χ4v) is 4.02. The minimum atomic E-state index is -0.660. The van der Waals surface area contributed by atoms with E-state index in [4.69, 9.17) is 4.84 Å². The molecule has 4 rings (SSSR count). The number of halogens is 2. The number of aryl methyl sites for hydroxylation is 1. The van der Waals surface area contributed by atoms with Crippen molar-refractivity contribution in [2.24, 2.45) is 5.16 Å². The van der Waals surface area contributed by atoms with Crippen molar-refractivity contribution in [1.29, 1.82) is 0 Å². The third-order valence-electron chi connectivity index (χ3n) is 4.99. The summed E-state index contributed by atoms with van der Waals surface area (Å²) in [4.78, 5) is 18.2. The van der Waals surface area contributed by atoms with E-state index in [1.165, 1.54) is 0 Å². The third-order valence-corrected chi connectivity index (χ3v) is 6.02. The number of amides is 1. The zero-order valence-electron chi connectivity index (χ0n) is 16.5. The van der Waals surface area contributed by atoms with Crippen LogP contribution >= 0.6 is 31.9 Å². The molecule has 0 aliphatic carbocycles. The number of carbonyl (C=O) groups is 1. The van der Waals surface area contributed by atoms with Crippen molar-refractivity contribution in [2.45, 2.75) is 32.9 Å². The van der Waals surface area contributed by atoms with Crippen LogP contribution in [0.15, 0.2) is 62.6 Å². The lowest BCUT2D eigenvalue weighted by atomic mass is 10.0. The molecule has 1 aromatic heterocycles. The molecule has 8 heteroatoms. The van der Waals surface area contributed by atoms with Crippen LogP contribution in [-0.2, 0) is 16.2 Å². The van der Waals surface area contributed by atoms with E-state index in [0.717, 1.165) is 42.9 Å². The van der Waals surface area contributed by atoms with Crippen molar-refractivity contribution >= 4 is 49.2 Å². The topological polar surface area (TPSA) is 68.5 Å². The second-order valence-corrected chi connectivity index (χ2v) is 9.00. The summed E-state index contributed by atoms with van der Waals surface area (Å²) in [6, 6.07) is 15.9. The quantitative estimate of drug-likeness (QED) is 0.491. The van der Waals surface area contributed by atoms with Gasteiger partial charge in [0.2, 0.25) is 6.10 Å². The fraction of sp³-hybridized carbons (Fsp3) is 0.227. The van der Waals surface area contributed by atoms with Crippen molar-refractivity contribution in [3.05, 3.63) is 80.0 Å². The Morgan fingerprint density at radius 3 is 2.67 bits per heavy atom. The molecule has 1 aliphatic heterocycles. The van der Waals surface area contributed by atoms with Crippen LogP contribution in [0.1, 0.15) is 28.9 Å². The molecule has 0 fully saturated rings. The molecule has 6 nitrogen and oxygen atoms in total.